The quantitative estimate of drug-likeness (QED) is 0.137. The van der Waals surface area contributed by atoms with Crippen LogP contribution in [0.4, 0.5) is 10.5 Å². The van der Waals surface area contributed by atoms with Crippen LogP contribution < -0.4 is 4.74 Å². The topological polar surface area (TPSA) is 103 Å². The number of para-hydroxylation sites is 1. The Hall–Kier alpha value is -3.08. The molecule has 2 heterocycles. The van der Waals surface area contributed by atoms with Crippen LogP contribution in [0.1, 0.15) is 0 Å². The Labute approximate surface area is 186 Å². The largest absolute Gasteiger partial charge is 0.511 e. The molecule has 0 fully saturated rings. The van der Waals surface area contributed by atoms with E-state index < -0.39 is 11.1 Å². The Morgan fingerprint density at radius 2 is 1.93 bits per heavy atom. The summed E-state index contributed by atoms with van der Waals surface area (Å²) in [5.74, 6) is 0.00455. The third kappa shape index (κ3) is 4.11. The van der Waals surface area contributed by atoms with Crippen LogP contribution in [-0.4, -0.2) is 21.2 Å². The van der Waals surface area contributed by atoms with Crippen molar-refractivity contribution in [2.24, 2.45) is 0 Å². The molecule has 0 spiro atoms. The minimum absolute atomic E-state index is 0.00455. The first kappa shape index (κ1) is 20.2. The highest BCUT2D eigenvalue weighted by Gasteiger charge is 2.20. The van der Waals surface area contributed by atoms with Gasteiger partial charge >= 0.3 is 6.16 Å². The molecule has 0 saturated carbocycles. The molecule has 2 aromatic carbocycles. The van der Waals surface area contributed by atoms with Gasteiger partial charge in [-0.15, -0.1) is 22.7 Å². The number of nitro groups is 1. The average Bonchev–Trinajstić information content (AvgIpc) is 3.36. The first-order chi connectivity index (χ1) is 14.4. The number of hydrogen-bond donors (Lipinski definition) is 1. The highest BCUT2D eigenvalue weighted by Crippen LogP contribution is 2.40. The number of aromatic nitrogens is 1. The maximum absolute atomic E-state index is 11.4. The van der Waals surface area contributed by atoms with E-state index in [1.165, 1.54) is 23.5 Å². The molecule has 0 aliphatic heterocycles. The number of carboxylic acid groups (broad SMARTS) is 1. The van der Waals surface area contributed by atoms with Crippen LogP contribution in [0.15, 0.2) is 63.8 Å². The van der Waals surface area contributed by atoms with Gasteiger partial charge < -0.3 is 9.84 Å². The molecule has 0 bridgehead atoms. The molecule has 7 nitrogen and oxygen atoms in total. The Kier molecular flexibility index (Phi) is 5.62. The minimum Gasteiger partial charge on any atom is -0.449 e. The number of nitro benzene ring substituents is 1. The van der Waals surface area contributed by atoms with Crippen LogP contribution in [0, 0.1) is 10.1 Å². The zero-order valence-electron chi connectivity index (χ0n) is 14.9. The number of ether oxygens (including phenoxy) is 1. The molecule has 30 heavy (non-hydrogen) atoms. The summed E-state index contributed by atoms with van der Waals surface area (Å²) in [4.78, 5) is 27.8. The maximum Gasteiger partial charge on any atom is 0.511 e. The number of carbonyl (C=O) groups is 1. The van der Waals surface area contributed by atoms with Crippen LogP contribution in [0.5, 0.6) is 5.75 Å². The molecular formula is C20H11BrN2O5S2. The third-order valence-corrected chi connectivity index (χ3v) is 6.68. The molecule has 0 saturated heterocycles. The molecule has 0 radical (unpaired) electrons. The van der Waals surface area contributed by atoms with Gasteiger partial charge in [-0.1, -0.05) is 18.2 Å². The fourth-order valence-corrected chi connectivity index (χ4v) is 5.13. The molecule has 10 heteroatoms. The van der Waals surface area contributed by atoms with Crippen molar-refractivity contribution in [1.29, 1.82) is 0 Å². The summed E-state index contributed by atoms with van der Waals surface area (Å²) < 4.78 is 5.96. The zero-order chi connectivity index (χ0) is 21.3. The number of nitrogens with zero attached hydrogens (tertiary/aromatic N) is 2. The number of hydrogen-bond acceptors (Lipinski definition) is 7. The monoisotopic (exact) mass is 502 g/mol. The van der Waals surface area contributed by atoms with E-state index in [1.807, 2.05) is 17.5 Å². The summed E-state index contributed by atoms with van der Waals surface area (Å²) in [6.45, 7) is 0. The molecule has 4 aromatic rings. The summed E-state index contributed by atoms with van der Waals surface area (Å²) in [5.41, 5.74) is 1.91. The third-order valence-electron chi connectivity index (χ3n) is 4.15. The lowest BCUT2D eigenvalue weighted by Crippen LogP contribution is -2.05. The molecule has 1 N–H and O–H groups in total. The van der Waals surface area contributed by atoms with Crippen LogP contribution in [0.3, 0.4) is 0 Å². The highest BCUT2D eigenvalue weighted by molar-refractivity contribution is 9.11. The van der Waals surface area contributed by atoms with Gasteiger partial charge in [-0.05, 0) is 46.3 Å². The number of thiazole rings is 1. The smallest absolute Gasteiger partial charge is 0.449 e. The maximum atomic E-state index is 11.4. The van der Waals surface area contributed by atoms with E-state index in [0.717, 1.165) is 14.4 Å². The van der Waals surface area contributed by atoms with Crippen molar-refractivity contribution in [3.63, 3.8) is 0 Å². The molecule has 0 aliphatic rings. The van der Waals surface area contributed by atoms with Crippen molar-refractivity contribution in [3.05, 3.63) is 73.9 Å². The number of benzene rings is 2. The van der Waals surface area contributed by atoms with Crippen molar-refractivity contribution in [1.82, 2.24) is 4.98 Å². The fraction of sp³-hybridized carbons (Fsp3) is 0. The van der Waals surface area contributed by atoms with E-state index in [0.29, 0.717) is 16.1 Å². The van der Waals surface area contributed by atoms with Gasteiger partial charge in [-0.2, -0.15) is 0 Å². The molecule has 0 unspecified atom stereocenters. The number of thiophene rings is 1. The lowest BCUT2D eigenvalue weighted by molar-refractivity contribution is -0.384. The van der Waals surface area contributed by atoms with Crippen LogP contribution in [0.2, 0.25) is 0 Å². The van der Waals surface area contributed by atoms with Gasteiger partial charge in [-0.3, -0.25) is 10.1 Å². The molecule has 0 atom stereocenters. The average molecular weight is 503 g/mol. The van der Waals surface area contributed by atoms with Gasteiger partial charge in [0.2, 0.25) is 0 Å². The minimum atomic E-state index is -1.50. The lowest BCUT2D eigenvalue weighted by Gasteiger charge is -2.10. The molecule has 4 rings (SSSR count). The summed E-state index contributed by atoms with van der Waals surface area (Å²) in [6, 6.07) is 14.9. The van der Waals surface area contributed by atoms with E-state index in [9.17, 15) is 14.9 Å². The Bertz CT molecular complexity index is 1270. The van der Waals surface area contributed by atoms with Gasteiger partial charge in [0.25, 0.3) is 5.69 Å². The fourth-order valence-electron chi connectivity index (χ4n) is 2.89. The van der Waals surface area contributed by atoms with Gasteiger partial charge in [0, 0.05) is 22.6 Å². The number of halogens is 1. The van der Waals surface area contributed by atoms with Crippen molar-refractivity contribution >= 4 is 50.4 Å². The van der Waals surface area contributed by atoms with Crippen molar-refractivity contribution < 1.29 is 19.6 Å². The molecule has 0 aliphatic carbocycles. The second-order valence-electron chi connectivity index (χ2n) is 5.99. The summed E-state index contributed by atoms with van der Waals surface area (Å²) in [5, 5.41) is 23.2. The number of rotatable bonds is 5. The van der Waals surface area contributed by atoms with E-state index in [4.69, 9.17) is 9.84 Å². The second-order valence-corrected chi connectivity index (χ2v) is 9.32. The highest BCUT2D eigenvalue weighted by atomic mass is 79.9. The van der Waals surface area contributed by atoms with Crippen LogP contribution in [0.25, 0.3) is 32.3 Å². The zero-order valence-corrected chi connectivity index (χ0v) is 18.2. The Balaban J connectivity index is 1.79. The second kappa shape index (κ2) is 8.34. The van der Waals surface area contributed by atoms with Crippen molar-refractivity contribution in [2.45, 2.75) is 0 Å². The van der Waals surface area contributed by atoms with E-state index in [2.05, 4.69) is 20.9 Å². The predicted octanol–water partition coefficient (Wildman–Crippen LogP) is 6.93. The molecule has 0 amide bonds. The van der Waals surface area contributed by atoms with Crippen molar-refractivity contribution in [2.75, 3.05) is 0 Å². The summed E-state index contributed by atoms with van der Waals surface area (Å²) in [7, 11) is 0. The Morgan fingerprint density at radius 3 is 2.63 bits per heavy atom. The van der Waals surface area contributed by atoms with E-state index in [-0.39, 0.29) is 17.0 Å². The normalized spacial score (nSPS) is 10.7. The standard InChI is InChI=1S/C20H11BrN2O5S2/c21-18-8-7-17(30-18)14-10-29-19(22-14)11-5-6-13(16(9-11)28-20(24)25)12-3-1-2-4-15(12)23(26)27/h1-10H,(H,24,25). The molecule has 2 aromatic heterocycles. The van der Waals surface area contributed by atoms with Crippen LogP contribution in [-0.2, 0) is 0 Å². The SMILES string of the molecule is O=C(O)Oc1cc(-c2nc(-c3ccc(Br)s3)cs2)ccc1-c1ccccc1[N+](=O)[O-]. The van der Waals surface area contributed by atoms with Crippen LogP contribution >= 0.6 is 38.6 Å². The Morgan fingerprint density at radius 1 is 1.13 bits per heavy atom. The van der Waals surface area contributed by atoms with Gasteiger partial charge in [0.1, 0.15) is 10.8 Å². The van der Waals surface area contributed by atoms with Gasteiger partial charge in [0.05, 0.1) is 24.8 Å². The molecular weight excluding hydrogens is 492 g/mol. The van der Waals surface area contributed by atoms with E-state index in [1.54, 1.807) is 41.7 Å². The first-order valence-corrected chi connectivity index (χ1v) is 10.9. The molecule has 150 valence electrons. The van der Waals surface area contributed by atoms with Gasteiger partial charge in [0.15, 0.2) is 0 Å². The lowest BCUT2D eigenvalue weighted by atomic mass is 10.0. The first-order valence-electron chi connectivity index (χ1n) is 8.42. The summed E-state index contributed by atoms with van der Waals surface area (Å²) >= 11 is 6.41. The summed E-state index contributed by atoms with van der Waals surface area (Å²) in [6.07, 6.45) is -1.50. The van der Waals surface area contributed by atoms with E-state index >= 15 is 0 Å². The van der Waals surface area contributed by atoms with Crippen molar-refractivity contribution in [3.8, 4) is 38.0 Å². The predicted molar refractivity (Wildman–Crippen MR) is 119 cm³/mol. The van der Waals surface area contributed by atoms with Gasteiger partial charge in [-0.25, -0.2) is 9.78 Å².